The molecule has 5 rings (SSSR count). The molecule has 11 heteroatoms. The predicted octanol–water partition coefficient (Wildman–Crippen LogP) is 2.67. The van der Waals surface area contributed by atoms with Crippen LogP contribution in [0, 0.1) is 17.5 Å². The number of hydrogen-bond donors (Lipinski definition) is 3. The zero-order valence-corrected chi connectivity index (χ0v) is 17.3. The van der Waals surface area contributed by atoms with Gasteiger partial charge in [0.25, 0.3) is 0 Å². The normalized spacial score (nSPS) is 18.2. The summed E-state index contributed by atoms with van der Waals surface area (Å²) >= 11 is 0. The zero-order valence-electron chi connectivity index (χ0n) is 17.3. The summed E-state index contributed by atoms with van der Waals surface area (Å²) in [5.74, 6) is -2.69. The molecule has 0 saturated carbocycles. The molecule has 166 valence electrons. The summed E-state index contributed by atoms with van der Waals surface area (Å²) in [6, 6.07) is 3.35. The summed E-state index contributed by atoms with van der Waals surface area (Å²) in [5.41, 5.74) is 10.3. The minimum atomic E-state index is -1.24. The van der Waals surface area contributed by atoms with Crippen molar-refractivity contribution in [1.29, 1.82) is 0 Å². The molecule has 0 saturated heterocycles. The van der Waals surface area contributed by atoms with Crippen molar-refractivity contribution >= 4 is 16.7 Å². The molecule has 0 atom stereocenters. The fraction of sp³-hybridized carbons (Fsp3) is 0.238. The lowest BCUT2D eigenvalue weighted by molar-refractivity contribution is -0.184. The van der Waals surface area contributed by atoms with Crippen LogP contribution < -0.4 is 11.2 Å². The van der Waals surface area contributed by atoms with Crippen molar-refractivity contribution in [3.8, 4) is 0 Å². The third kappa shape index (κ3) is 2.93. The Morgan fingerprint density at radius 2 is 1.94 bits per heavy atom. The van der Waals surface area contributed by atoms with E-state index in [-0.39, 0.29) is 13.1 Å². The second kappa shape index (κ2) is 6.97. The molecular formula is C21H20F3N7O. The number of pyridine rings is 1. The van der Waals surface area contributed by atoms with Gasteiger partial charge in [-0.2, -0.15) is 10.2 Å². The minimum absolute atomic E-state index is 0.149. The number of nitrogens with two attached hydrogens (primary N) is 1. The summed E-state index contributed by atoms with van der Waals surface area (Å²) in [6.07, 6.45) is 4.63. The molecule has 0 bridgehead atoms. The fourth-order valence-electron chi connectivity index (χ4n) is 3.88. The Balaban J connectivity index is 1.60. The Hall–Kier alpha value is -3.57. The van der Waals surface area contributed by atoms with E-state index in [4.69, 9.17) is 5.73 Å². The van der Waals surface area contributed by atoms with Gasteiger partial charge >= 0.3 is 0 Å². The predicted molar refractivity (Wildman–Crippen MR) is 110 cm³/mol. The van der Waals surface area contributed by atoms with Crippen LogP contribution in [0.5, 0.6) is 0 Å². The lowest BCUT2D eigenvalue weighted by Gasteiger charge is -2.42. The van der Waals surface area contributed by atoms with E-state index in [0.29, 0.717) is 33.8 Å². The maximum atomic E-state index is 14.3. The van der Waals surface area contributed by atoms with E-state index in [2.05, 4.69) is 15.5 Å². The van der Waals surface area contributed by atoms with Gasteiger partial charge in [-0.3, -0.25) is 15.4 Å². The second-order valence-electron chi connectivity index (χ2n) is 8.22. The standard InChI is InChI=1S/C21H20F3N7O/c1-21(2)20(25)17-8-18(28-29(17)10-30(21)32)31-16-5-6-26-9-12(16)15(27-31)7-11-13(22)3-4-14(23)19(11)24/h3-6,8-9,28,32H,7,10,25H2,1-2H3. The molecule has 0 spiro atoms. The van der Waals surface area contributed by atoms with Crippen LogP contribution in [-0.2, 0) is 6.42 Å². The molecule has 0 aliphatic carbocycles. The Kier molecular flexibility index (Phi) is 4.43. The molecule has 32 heavy (non-hydrogen) atoms. The monoisotopic (exact) mass is 443 g/mol. The molecule has 0 radical (unpaired) electrons. The van der Waals surface area contributed by atoms with Crippen LogP contribution in [0.2, 0.25) is 0 Å². The van der Waals surface area contributed by atoms with Crippen molar-refractivity contribution in [2.24, 2.45) is 5.73 Å². The highest BCUT2D eigenvalue weighted by Gasteiger charge is 2.40. The number of nitrogens with zero attached hydrogens (tertiary/aromatic N) is 5. The van der Waals surface area contributed by atoms with Gasteiger partial charge in [0.05, 0.1) is 28.1 Å². The van der Waals surface area contributed by atoms with Crippen LogP contribution >= 0.6 is 0 Å². The molecular weight excluding hydrogens is 423 g/mol. The highest BCUT2D eigenvalue weighted by molar-refractivity contribution is 5.84. The summed E-state index contributed by atoms with van der Waals surface area (Å²) in [5, 5.41) is 18.2. The maximum Gasteiger partial charge on any atom is 0.165 e. The first kappa shape index (κ1) is 20.3. The Bertz CT molecular complexity index is 1310. The average Bonchev–Trinajstić information content (AvgIpc) is 3.34. The van der Waals surface area contributed by atoms with Gasteiger partial charge in [-0.15, -0.1) is 0 Å². The SMILES string of the molecule is CC1(C)C(N)=C2C=C(n3nc(Cc4c(F)ccc(F)c4F)c4cnccc43)NN2CN1O. The number of hydrazine groups is 1. The van der Waals surface area contributed by atoms with Crippen molar-refractivity contribution in [2.45, 2.75) is 25.8 Å². The zero-order chi connectivity index (χ0) is 22.8. The molecule has 3 aromatic rings. The van der Waals surface area contributed by atoms with Gasteiger partial charge in [0.2, 0.25) is 0 Å². The van der Waals surface area contributed by atoms with Crippen LogP contribution in [0.25, 0.3) is 16.7 Å². The third-order valence-electron chi connectivity index (χ3n) is 5.94. The van der Waals surface area contributed by atoms with E-state index in [1.807, 2.05) is 0 Å². The first-order chi connectivity index (χ1) is 15.2. The topological polar surface area (TPSA) is 95.5 Å². The molecule has 2 aliphatic heterocycles. The second-order valence-corrected chi connectivity index (χ2v) is 8.22. The third-order valence-corrected chi connectivity index (χ3v) is 5.94. The number of fused-ring (bicyclic) bond motifs is 2. The Morgan fingerprint density at radius 1 is 1.19 bits per heavy atom. The van der Waals surface area contributed by atoms with Crippen LogP contribution in [0.15, 0.2) is 48.1 Å². The lowest BCUT2D eigenvalue weighted by Crippen LogP contribution is -2.57. The summed E-state index contributed by atoms with van der Waals surface area (Å²) in [6.45, 7) is 3.75. The molecule has 2 aliphatic rings. The van der Waals surface area contributed by atoms with Crippen LogP contribution in [0.3, 0.4) is 0 Å². The van der Waals surface area contributed by atoms with E-state index in [9.17, 15) is 18.4 Å². The number of halogens is 3. The van der Waals surface area contributed by atoms with Crippen molar-refractivity contribution in [3.63, 3.8) is 0 Å². The van der Waals surface area contributed by atoms with Crippen LogP contribution in [0.4, 0.5) is 13.2 Å². The van der Waals surface area contributed by atoms with Crippen molar-refractivity contribution in [3.05, 3.63) is 76.8 Å². The van der Waals surface area contributed by atoms with Crippen molar-refractivity contribution in [2.75, 3.05) is 6.67 Å². The number of allylic oxidation sites excluding steroid dienone is 1. The number of benzene rings is 1. The van der Waals surface area contributed by atoms with Gasteiger partial charge in [0, 0.05) is 35.8 Å². The van der Waals surface area contributed by atoms with E-state index in [1.54, 1.807) is 41.9 Å². The van der Waals surface area contributed by atoms with E-state index in [1.165, 1.54) is 6.20 Å². The molecule has 8 nitrogen and oxygen atoms in total. The number of hydrogen-bond acceptors (Lipinski definition) is 7. The average molecular weight is 443 g/mol. The first-order valence-electron chi connectivity index (χ1n) is 9.85. The van der Waals surface area contributed by atoms with Gasteiger partial charge in [-0.05, 0) is 32.0 Å². The van der Waals surface area contributed by atoms with E-state index >= 15 is 0 Å². The molecule has 0 fully saturated rings. The molecule has 1 aromatic carbocycles. The maximum absolute atomic E-state index is 14.3. The van der Waals surface area contributed by atoms with Gasteiger partial charge in [0.1, 0.15) is 18.3 Å². The van der Waals surface area contributed by atoms with Crippen molar-refractivity contribution in [1.82, 2.24) is 30.3 Å². The number of hydroxylamine groups is 2. The Morgan fingerprint density at radius 3 is 2.72 bits per heavy atom. The van der Waals surface area contributed by atoms with Crippen LogP contribution in [-0.4, -0.2) is 42.3 Å². The lowest BCUT2D eigenvalue weighted by atomic mass is 9.97. The molecule has 0 amide bonds. The summed E-state index contributed by atoms with van der Waals surface area (Å²) < 4.78 is 43.8. The highest BCUT2D eigenvalue weighted by atomic mass is 19.2. The minimum Gasteiger partial charge on any atom is -0.399 e. The quantitative estimate of drug-likeness (QED) is 0.536. The van der Waals surface area contributed by atoms with Gasteiger partial charge in [0.15, 0.2) is 11.6 Å². The van der Waals surface area contributed by atoms with E-state index in [0.717, 1.165) is 17.2 Å². The van der Waals surface area contributed by atoms with Gasteiger partial charge in [-0.25, -0.2) is 17.9 Å². The highest BCUT2D eigenvalue weighted by Crippen LogP contribution is 2.34. The summed E-state index contributed by atoms with van der Waals surface area (Å²) in [4.78, 5) is 4.10. The van der Waals surface area contributed by atoms with Crippen molar-refractivity contribution < 1.29 is 18.4 Å². The van der Waals surface area contributed by atoms with Crippen LogP contribution in [0.1, 0.15) is 25.1 Å². The molecule has 4 heterocycles. The molecule has 0 unspecified atom stereocenters. The van der Waals surface area contributed by atoms with Gasteiger partial charge in [-0.1, -0.05) is 0 Å². The first-order valence-corrected chi connectivity index (χ1v) is 9.85. The smallest absolute Gasteiger partial charge is 0.165 e. The number of aromatic nitrogens is 3. The fourth-order valence-corrected chi connectivity index (χ4v) is 3.88. The largest absolute Gasteiger partial charge is 0.399 e. The van der Waals surface area contributed by atoms with E-state index < -0.39 is 28.6 Å². The molecule has 4 N–H and O–H groups in total. The summed E-state index contributed by atoms with van der Waals surface area (Å²) in [7, 11) is 0. The Labute approximate surface area is 181 Å². The van der Waals surface area contributed by atoms with Gasteiger partial charge < -0.3 is 10.9 Å². The number of nitrogens with one attached hydrogen (secondary N) is 1. The number of rotatable bonds is 3. The molecule has 2 aromatic heterocycles.